The summed E-state index contributed by atoms with van der Waals surface area (Å²) in [5, 5.41) is 0. The first-order chi connectivity index (χ1) is 8.20. The summed E-state index contributed by atoms with van der Waals surface area (Å²) in [5.74, 6) is 0.832. The van der Waals surface area contributed by atoms with Gasteiger partial charge in [0, 0.05) is 44.2 Å². The lowest BCUT2D eigenvalue weighted by atomic mass is 10.0. The van der Waals surface area contributed by atoms with Crippen LogP contribution >= 0.6 is 0 Å². The predicted molar refractivity (Wildman–Crippen MR) is 66.8 cm³/mol. The van der Waals surface area contributed by atoms with Crippen molar-refractivity contribution in [2.24, 2.45) is 0 Å². The van der Waals surface area contributed by atoms with Crippen molar-refractivity contribution in [3.8, 4) is 0 Å². The van der Waals surface area contributed by atoms with E-state index in [1.807, 2.05) is 19.3 Å². The fourth-order valence-electron chi connectivity index (χ4n) is 2.33. The Morgan fingerprint density at radius 2 is 1.88 bits per heavy atom. The molecule has 4 nitrogen and oxygen atoms in total. The summed E-state index contributed by atoms with van der Waals surface area (Å²) < 4.78 is 5.39. The second-order valence-corrected chi connectivity index (χ2v) is 4.71. The van der Waals surface area contributed by atoms with Crippen molar-refractivity contribution < 1.29 is 4.74 Å². The number of likely N-dealkylation sites (tertiary alicyclic amines) is 1. The van der Waals surface area contributed by atoms with Gasteiger partial charge in [-0.3, -0.25) is 4.90 Å². The molecule has 0 amide bonds. The molecule has 2 rings (SSSR count). The number of piperidine rings is 1. The quantitative estimate of drug-likeness (QED) is 0.802. The Balaban J connectivity index is 1.96. The molecule has 1 saturated heterocycles. The molecular weight excluding hydrogens is 214 g/mol. The van der Waals surface area contributed by atoms with Crippen LogP contribution in [0.25, 0.3) is 0 Å². The van der Waals surface area contributed by atoms with Crippen LogP contribution in [-0.4, -0.2) is 41.2 Å². The average Bonchev–Trinajstić information content (AvgIpc) is 2.39. The molecule has 0 bridgehead atoms. The predicted octanol–water partition coefficient (Wildman–Crippen LogP) is 1.96. The summed E-state index contributed by atoms with van der Waals surface area (Å²) in [6, 6.07) is 0.397. The van der Waals surface area contributed by atoms with Crippen molar-refractivity contribution in [3.05, 3.63) is 23.8 Å². The second-order valence-electron chi connectivity index (χ2n) is 4.71. The summed E-state index contributed by atoms with van der Waals surface area (Å²) in [7, 11) is 1.80. The van der Waals surface area contributed by atoms with Crippen LogP contribution in [0.5, 0.6) is 0 Å². The molecule has 1 aliphatic rings. The van der Waals surface area contributed by atoms with Crippen molar-refractivity contribution in [1.29, 1.82) is 0 Å². The van der Waals surface area contributed by atoms with E-state index in [0.29, 0.717) is 12.1 Å². The molecule has 4 heteroatoms. The molecule has 17 heavy (non-hydrogen) atoms. The van der Waals surface area contributed by atoms with Crippen LogP contribution in [0.3, 0.4) is 0 Å². The van der Waals surface area contributed by atoms with Crippen molar-refractivity contribution in [2.75, 3.05) is 20.2 Å². The summed E-state index contributed by atoms with van der Waals surface area (Å²) >= 11 is 0. The van der Waals surface area contributed by atoms with Gasteiger partial charge < -0.3 is 4.74 Å². The number of rotatable bonds is 3. The van der Waals surface area contributed by atoms with Crippen molar-refractivity contribution in [2.45, 2.75) is 38.8 Å². The minimum atomic E-state index is 0.397. The van der Waals surface area contributed by atoms with E-state index in [4.69, 9.17) is 4.74 Å². The number of hydrogen-bond acceptors (Lipinski definition) is 4. The number of methoxy groups -OCH3 is 1. The zero-order valence-electron chi connectivity index (χ0n) is 10.9. The van der Waals surface area contributed by atoms with Gasteiger partial charge >= 0.3 is 0 Å². The Hall–Kier alpha value is -1.00. The second kappa shape index (κ2) is 5.56. The van der Waals surface area contributed by atoms with Gasteiger partial charge in [0.25, 0.3) is 0 Å². The lowest BCUT2D eigenvalue weighted by molar-refractivity contribution is 0.0294. The van der Waals surface area contributed by atoms with Gasteiger partial charge in [-0.05, 0) is 26.7 Å². The topological polar surface area (TPSA) is 38.2 Å². The third kappa shape index (κ3) is 3.01. The van der Waals surface area contributed by atoms with E-state index in [0.717, 1.165) is 31.8 Å². The Morgan fingerprint density at radius 1 is 1.29 bits per heavy atom. The smallest absolute Gasteiger partial charge is 0.125 e. The van der Waals surface area contributed by atoms with Gasteiger partial charge in [-0.2, -0.15) is 0 Å². The lowest BCUT2D eigenvalue weighted by Gasteiger charge is -2.35. The first-order valence-electron chi connectivity index (χ1n) is 6.26. The van der Waals surface area contributed by atoms with E-state index >= 15 is 0 Å². The maximum atomic E-state index is 5.39. The zero-order chi connectivity index (χ0) is 12.3. The highest BCUT2D eigenvalue weighted by Gasteiger charge is 2.23. The van der Waals surface area contributed by atoms with Crippen molar-refractivity contribution >= 4 is 0 Å². The minimum Gasteiger partial charge on any atom is -0.381 e. The van der Waals surface area contributed by atoms with Gasteiger partial charge in [-0.25, -0.2) is 9.97 Å². The van der Waals surface area contributed by atoms with Gasteiger partial charge in [-0.1, -0.05) is 0 Å². The number of hydrogen-bond donors (Lipinski definition) is 0. The molecule has 1 aliphatic heterocycles. The maximum Gasteiger partial charge on any atom is 0.125 e. The first-order valence-corrected chi connectivity index (χ1v) is 6.26. The van der Waals surface area contributed by atoms with Crippen LogP contribution < -0.4 is 0 Å². The summed E-state index contributed by atoms with van der Waals surface area (Å²) in [6.07, 6.45) is 6.55. The molecule has 1 atom stereocenters. The molecule has 2 heterocycles. The van der Waals surface area contributed by atoms with E-state index < -0.39 is 0 Å². The molecule has 0 N–H and O–H groups in total. The van der Waals surface area contributed by atoms with Crippen LogP contribution in [0.15, 0.2) is 12.4 Å². The minimum absolute atomic E-state index is 0.397. The van der Waals surface area contributed by atoms with E-state index in [-0.39, 0.29) is 0 Å². The first kappa shape index (κ1) is 12.5. The van der Waals surface area contributed by atoms with Crippen LogP contribution in [0.4, 0.5) is 0 Å². The third-order valence-electron chi connectivity index (χ3n) is 3.64. The summed E-state index contributed by atoms with van der Waals surface area (Å²) in [6.45, 7) is 6.32. The lowest BCUT2D eigenvalue weighted by Crippen LogP contribution is -2.38. The molecule has 1 aromatic rings. The molecule has 1 unspecified atom stereocenters. The van der Waals surface area contributed by atoms with E-state index in [2.05, 4.69) is 21.8 Å². The number of aromatic nitrogens is 2. The van der Waals surface area contributed by atoms with E-state index in [1.54, 1.807) is 7.11 Å². The fraction of sp³-hybridized carbons (Fsp3) is 0.692. The highest BCUT2D eigenvalue weighted by Crippen LogP contribution is 2.24. The molecule has 0 saturated carbocycles. The fourth-order valence-corrected chi connectivity index (χ4v) is 2.33. The van der Waals surface area contributed by atoms with E-state index in [9.17, 15) is 0 Å². The Bertz CT molecular complexity index is 344. The summed E-state index contributed by atoms with van der Waals surface area (Å²) in [5.41, 5.74) is 1.20. The van der Waals surface area contributed by atoms with E-state index in [1.165, 1.54) is 5.56 Å². The summed E-state index contributed by atoms with van der Waals surface area (Å²) in [4.78, 5) is 11.0. The third-order valence-corrected chi connectivity index (χ3v) is 3.64. The van der Waals surface area contributed by atoms with Gasteiger partial charge in [0.05, 0.1) is 6.10 Å². The SMILES string of the molecule is COC1CCN(C(C)c2cnc(C)nc2)CC1. The molecule has 0 spiro atoms. The van der Waals surface area contributed by atoms with Gasteiger partial charge in [0.1, 0.15) is 5.82 Å². The molecule has 1 aromatic heterocycles. The highest BCUT2D eigenvalue weighted by molar-refractivity contribution is 5.10. The van der Waals surface area contributed by atoms with Gasteiger partial charge in [-0.15, -0.1) is 0 Å². The van der Waals surface area contributed by atoms with Crippen LogP contribution in [0, 0.1) is 6.92 Å². The molecule has 94 valence electrons. The highest BCUT2D eigenvalue weighted by atomic mass is 16.5. The zero-order valence-corrected chi connectivity index (χ0v) is 10.9. The molecule has 0 aromatic carbocycles. The Labute approximate surface area is 103 Å². The van der Waals surface area contributed by atoms with Crippen LogP contribution in [0.2, 0.25) is 0 Å². The number of aryl methyl sites for hydroxylation is 1. The maximum absolute atomic E-state index is 5.39. The molecule has 0 aliphatic carbocycles. The van der Waals surface area contributed by atoms with Crippen LogP contribution in [0.1, 0.15) is 37.2 Å². The Kier molecular flexibility index (Phi) is 4.07. The number of nitrogens with zero attached hydrogens (tertiary/aromatic N) is 3. The number of ether oxygens (including phenoxy) is 1. The van der Waals surface area contributed by atoms with Gasteiger partial charge in [0.2, 0.25) is 0 Å². The largest absolute Gasteiger partial charge is 0.381 e. The van der Waals surface area contributed by atoms with Crippen molar-refractivity contribution in [1.82, 2.24) is 14.9 Å². The monoisotopic (exact) mass is 235 g/mol. The standard InChI is InChI=1S/C13H21N3O/c1-10(12-8-14-11(2)15-9-12)16-6-4-13(17-3)5-7-16/h8-10,13H,4-7H2,1-3H3. The molecular formula is C13H21N3O. The molecule has 0 radical (unpaired) electrons. The molecule has 1 fully saturated rings. The Morgan fingerprint density at radius 3 is 2.41 bits per heavy atom. The average molecular weight is 235 g/mol. The van der Waals surface area contributed by atoms with Crippen LogP contribution in [-0.2, 0) is 4.74 Å². The normalized spacial score (nSPS) is 20.4. The van der Waals surface area contributed by atoms with Crippen molar-refractivity contribution in [3.63, 3.8) is 0 Å². The van der Waals surface area contributed by atoms with Gasteiger partial charge in [0.15, 0.2) is 0 Å².